The maximum Gasteiger partial charge on any atom is 0.270 e. The molecule has 10 nitrogen and oxygen atoms in total. The van der Waals surface area contributed by atoms with Crippen LogP contribution in [0.5, 0.6) is 0 Å². The van der Waals surface area contributed by atoms with E-state index < -0.39 is 6.04 Å². The molecule has 2 fully saturated rings. The van der Waals surface area contributed by atoms with Gasteiger partial charge in [-0.1, -0.05) is 0 Å². The Morgan fingerprint density at radius 2 is 1.85 bits per heavy atom. The molecule has 1 atom stereocenters. The first-order valence-corrected chi connectivity index (χ1v) is 12.0. The number of amides is 2. The Kier molecular flexibility index (Phi) is 5.89. The number of carbonyl (C=O) groups excluding carboxylic acids is 2. The van der Waals surface area contributed by atoms with Gasteiger partial charge in [0.15, 0.2) is 5.82 Å². The highest BCUT2D eigenvalue weighted by atomic mass is 16.2. The fourth-order valence-corrected chi connectivity index (χ4v) is 4.89. The van der Waals surface area contributed by atoms with E-state index in [0.717, 1.165) is 42.6 Å². The Hall–Kier alpha value is -3.56. The lowest BCUT2D eigenvalue weighted by atomic mass is 9.88. The van der Waals surface area contributed by atoms with E-state index in [0.29, 0.717) is 35.6 Å². The average molecular weight is 463 g/mol. The molecule has 0 spiro atoms. The summed E-state index contributed by atoms with van der Waals surface area (Å²) in [6.45, 7) is 6.35. The molecule has 34 heavy (non-hydrogen) atoms. The zero-order chi connectivity index (χ0) is 23.8. The van der Waals surface area contributed by atoms with Gasteiger partial charge in [0, 0.05) is 24.0 Å². The van der Waals surface area contributed by atoms with Crippen LogP contribution in [0.3, 0.4) is 0 Å². The zero-order valence-corrected chi connectivity index (χ0v) is 19.7. The number of rotatable bonds is 9. The van der Waals surface area contributed by atoms with Gasteiger partial charge in [0.2, 0.25) is 5.91 Å². The molecule has 0 bridgehead atoms. The van der Waals surface area contributed by atoms with Crippen LogP contribution in [0.25, 0.3) is 11.3 Å². The molecule has 10 heteroatoms. The molecule has 2 aliphatic carbocycles. The van der Waals surface area contributed by atoms with Crippen LogP contribution in [-0.2, 0) is 11.3 Å². The summed E-state index contributed by atoms with van der Waals surface area (Å²) in [6.07, 6.45) is 6.02. The van der Waals surface area contributed by atoms with Crippen molar-refractivity contribution in [3.8, 4) is 11.3 Å². The minimum absolute atomic E-state index is 0.130. The van der Waals surface area contributed by atoms with Gasteiger partial charge in [0.1, 0.15) is 11.7 Å². The molecule has 5 rings (SSSR count). The fraction of sp³-hybridized carbons (Fsp3) is 0.500. The smallest absolute Gasteiger partial charge is 0.270 e. The minimum Gasteiger partial charge on any atom is -0.339 e. The van der Waals surface area contributed by atoms with Crippen LogP contribution in [-0.4, -0.2) is 48.0 Å². The normalized spacial score (nSPS) is 16.5. The van der Waals surface area contributed by atoms with Crippen molar-refractivity contribution in [1.29, 1.82) is 0 Å². The first kappa shape index (κ1) is 22.2. The summed E-state index contributed by atoms with van der Waals surface area (Å²) in [6, 6.07) is 4.61. The van der Waals surface area contributed by atoms with E-state index in [4.69, 9.17) is 0 Å². The van der Waals surface area contributed by atoms with E-state index in [2.05, 4.69) is 36.1 Å². The molecular weight excluding hydrogens is 432 g/mol. The third kappa shape index (κ3) is 4.44. The molecule has 2 amide bonds. The Labute approximate surface area is 197 Å². The topological polar surface area (TPSA) is 130 Å². The third-order valence-corrected chi connectivity index (χ3v) is 6.84. The van der Waals surface area contributed by atoms with Crippen LogP contribution in [0, 0.1) is 31.6 Å². The first-order valence-electron chi connectivity index (χ1n) is 12.0. The van der Waals surface area contributed by atoms with Crippen LogP contribution in [0.15, 0.2) is 24.4 Å². The predicted molar refractivity (Wildman–Crippen MR) is 126 cm³/mol. The SMILES string of the molecule is CCn1nccc1C(=O)NC(C(=O)Nc1ccc(-c2c(C)n[nH]c2C)nn1)C(C1CC1)C1CC1. The number of aromatic amines is 1. The van der Waals surface area contributed by atoms with E-state index in [9.17, 15) is 9.59 Å². The molecule has 0 aliphatic heterocycles. The summed E-state index contributed by atoms with van der Waals surface area (Å²) in [5, 5.41) is 25.8. The summed E-state index contributed by atoms with van der Waals surface area (Å²) in [5.74, 6) is 0.900. The number of aryl methyl sites for hydroxylation is 3. The van der Waals surface area contributed by atoms with Crippen molar-refractivity contribution in [1.82, 2.24) is 35.5 Å². The Morgan fingerprint density at radius 3 is 2.41 bits per heavy atom. The van der Waals surface area contributed by atoms with Gasteiger partial charge in [-0.3, -0.25) is 19.4 Å². The fourth-order valence-electron chi connectivity index (χ4n) is 4.89. The molecule has 0 radical (unpaired) electrons. The van der Waals surface area contributed by atoms with Crippen molar-refractivity contribution in [2.45, 2.75) is 59.0 Å². The molecule has 3 heterocycles. The van der Waals surface area contributed by atoms with Gasteiger partial charge in [-0.05, 0) is 82.4 Å². The van der Waals surface area contributed by atoms with Crippen molar-refractivity contribution in [3.05, 3.63) is 41.5 Å². The summed E-state index contributed by atoms with van der Waals surface area (Å²) in [4.78, 5) is 26.6. The van der Waals surface area contributed by atoms with E-state index >= 15 is 0 Å². The number of carbonyl (C=O) groups is 2. The van der Waals surface area contributed by atoms with Crippen molar-refractivity contribution in [2.75, 3.05) is 5.32 Å². The minimum atomic E-state index is -0.632. The number of nitrogens with zero attached hydrogens (tertiary/aromatic N) is 5. The number of H-pyrrole nitrogens is 1. The Balaban J connectivity index is 1.35. The van der Waals surface area contributed by atoms with Gasteiger partial charge >= 0.3 is 0 Å². The van der Waals surface area contributed by atoms with Gasteiger partial charge in [-0.15, -0.1) is 10.2 Å². The number of anilines is 1. The average Bonchev–Trinajstić information content (AvgIpc) is 3.76. The third-order valence-electron chi connectivity index (χ3n) is 6.84. The van der Waals surface area contributed by atoms with Crippen molar-refractivity contribution >= 4 is 17.6 Å². The largest absolute Gasteiger partial charge is 0.339 e. The van der Waals surface area contributed by atoms with Gasteiger partial charge in [0.05, 0.1) is 11.4 Å². The quantitative estimate of drug-likeness (QED) is 0.448. The van der Waals surface area contributed by atoms with Gasteiger partial charge in [-0.2, -0.15) is 10.2 Å². The molecule has 0 aromatic carbocycles. The molecular formula is C24H30N8O2. The van der Waals surface area contributed by atoms with E-state index in [-0.39, 0.29) is 17.7 Å². The summed E-state index contributed by atoms with van der Waals surface area (Å²) in [7, 11) is 0. The predicted octanol–water partition coefficient (Wildman–Crippen LogP) is 2.87. The van der Waals surface area contributed by atoms with E-state index in [1.807, 2.05) is 26.8 Å². The summed E-state index contributed by atoms with van der Waals surface area (Å²) >= 11 is 0. The lowest BCUT2D eigenvalue weighted by Gasteiger charge is -2.27. The standard InChI is InChI=1S/C24H30N8O2/c1-4-32-18(11-12-25-32)23(33)27-22(21(15-5-6-15)16-7-8-16)24(34)26-19-10-9-17(30-31-19)20-13(2)28-29-14(20)3/h9-12,15-16,21-22H,4-8H2,1-3H3,(H,27,33)(H,28,29)(H,26,31,34). The van der Waals surface area contributed by atoms with Crippen LogP contribution in [0.4, 0.5) is 5.82 Å². The van der Waals surface area contributed by atoms with Gasteiger partial charge in [-0.25, -0.2) is 0 Å². The van der Waals surface area contributed by atoms with Crippen molar-refractivity contribution in [2.24, 2.45) is 17.8 Å². The van der Waals surface area contributed by atoms with Crippen LogP contribution in [0.2, 0.25) is 0 Å². The van der Waals surface area contributed by atoms with E-state index in [1.165, 1.54) is 0 Å². The molecule has 1 unspecified atom stereocenters. The molecule has 3 aromatic rings. The van der Waals surface area contributed by atoms with Crippen LogP contribution in [0.1, 0.15) is 54.5 Å². The Bertz CT molecular complexity index is 1160. The first-order chi connectivity index (χ1) is 16.5. The lowest BCUT2D eigenvalue weighted by molar-refractivity contribution is -0.119. The van der Waals surface area contributed by atoms with Crippen LogP contribution >= 0.6 is 0 Å². The number of nitrogens with one attached hydrogen (secondary N) is 3. The lowest BCUT2D eigenvalue weighted by Crippen LogP contribution is -2.50. The zero-order valence-electron chi connectivity index (χ0n) is 19.7. The molecule has 3 aromatic heterocycles. The number of hydrogen-bond donors (Lipinski definition) is 3. The number of hydrogen-bond acceptors (Lipinski definition) is 6. The molecule has 2 aliphatic rings. The number of aromatic nitrogens is 6. The highest BCUT2D eigenvalue weighted by Gasteiger charge is 2.48. The highest BCUT2D eigenvalue weighted by Crippen LogP contribution is 2.50. The second-order valence-corrected chi connectivity index (χ2v) is 9.34. The van der Waals surface area contributed by atoms with Crippen LogP contribution < -0.4 is 10.6 Å². The maximum atomic E-state index is 13.5. The highest BCUT2D eigenvalue weighted by molar-refractivity contribution is 6.00. The second-order valence-electron chi connectivity index (χ2n) is 9.34. The van der Waals surface area contributed by atoms with Gasteiger partial charge < -0.3 is 10.6 Å². The Morgan fingerprint density at radius 1 is 1.12 bits per heavy atom. The molecule has 0 saturated heterocycles. The van der Waals surface area contributed by atoms with Crippen molar-refractivity contribution < 1.29 is 9.59 Å². The molecule has 178 valence electrons. The van der Waals surface area contributed by atoms with E-state index in [1.54, 1.807) is 23.0 Å². The summed E-state index contributed by atoms with van der Waals surface area (Å²) in [5.41, 5.74) is 3.81. The molecule has 3 N–H and O–H groups in total. The monoisotopic (exact) mass is 462 g/mol. The maximum absolute atomic E-state index is 13.5. The molecule has 2 saturated carbocycles. The summed E-state index contributed by atoms with van der Waals surface area (Å²) < 4.78 is 1.64. The second kappa shape index (κ2) is 9.00. The van der Waals surface area contributed by atoms with Gasteiger partial charge in [0.25, 0.3) is 5.91 Å². The van der Waals surface area contributed by atoms with Crippen molar-refractivity contribution in [3.63, 3.8) is 0 Å².